The second-order valence-corrected chi connectivity index (χ2v) is 8.53. The molecular weight excluding hydrogens is 348 g/mol. The fourth-order valence-corrected chi connectivity index (χ4v) is 2.75. The number of carbonyl (C=O) groups excluding carboxylic acids is 1. The predicted molar refractivity (Wildman–Crippen MR) is 91.9 cm³/mol. The Kier molecular flexibility index (Phi) is 6.02. The molecule has 0 bridgehead atoms. The summed E-state index contributed by atoms with van der Waals surface area (Å²) in [7, 11) is -3.61. The van der Waals surface area contributed by atoms with Crippen LogP contribution in [0.1, 0.15) is 44.4 Å². The molecule has 1 aromatic heterocycles. The second kappa shape index (κ2) is 7.67. The summed E-state index contributed by atoms with van der Waals surface area (Å²) in [6.45, 7) is 6.27. The molecule has 8 nitrogen and oxygen atoms in total. The van der Waals surface area contributed by atoms with E-state index in [9.17, 15) is 13.2 Å². The van der Waals surface area contributed by atoms with Crippen LogP contribution in [-0.4, -0.2) is 44.6 Å². The van der Waals surface area contributed by atoms with Crippen LogP contribution in [0.4, 0.5) is 10.6 Å². The summed E-state index contributed by atoms with van der Waals surface area (Å²) in [6.07, 6.45) is 1.17. The maximum Gasteiger partial charge on any atom is 0.413 e. The van der Waals surface area contributed by atoms with E-state index in [0.717, 1.165) is 18.2 Å². The van der Waals surface area contributed by atoms with E-state index in [4.69, 9.17) is 13.7 Å². The van der Waals surface area contributed by atoms with Gasteiger partial charge in [-0.15, -0.1) is 0 Å². The largest absolute Gasteiger partial charge is 0.444 e. The van der Waals surface area contributed by atoms with Crippen LogP contribution in [0, 0.1) is 0 Å². The maximum absolute atomic E-state index is 11.9. The van der Waals surface area contributed by atoms with Crippen molar-refractivity contribution in [3.63, 3.8) is 0 Å². The predicted octanol–water partition coefficient (Wildman–Crippen LogP) is 2.41. The highest BCUT2D eigenvalue weighted by Crippen LogP contribution is 2.29. The Balaban J connectivity index is 2.20. The normalized spacial score (nSPS) is 18.2. The van der Waals surface area contributed by atoms with Crippen molar-refractivity contribution in [1.29, 1.82) is 0 Å². The fraction of sp³-hybridized carbons (Fsp3) is 0.625. The number of nitrogens with zero attached hydrogens (tertiary/aromatic N) is 1. The Morgan fingerprint density at radius 3 is 2.68 bits per heavy atom. The summed E-state index contributed by atoms with van der Waals surface area (Å²) >= 11 is 0. The molecule has 9 heteroatoms. The van der Waals surface area contributed by atoms with Crippen LogP contribution in [0.25, 0.3) is 0 Å². The third-order valence-corrected chi connectivity index (χ3v) is 3.96. The number of carbonyl (C=O) groups is 1. The summed E-state index contributed by atoms with van der Waals surface area (Å²) in [5.41, 5.74) is 0.679. The van der Waals surface area contributed by atoms with E-state index < -0.39 is 21.8 Å². The Labute approximate surface area is 148 Å². The Morgan fingerprint density at radius 2 is 2.12 bits per heavy atom. The zero-order chi connectivity index (χ0) is 18.7. The minimum atomic E-state index is -3.61. The monoisotopic (exact) mass is 372 g/mol. The average Bonchev–Trinajstić information content (AvgIpc) is 2.96. The first-order valence-electron chi connectivity index (χ1n) is 7.95. The number of rotatable bonds is 5. The zero-order valence-corrected chi connectivity index (χ0v) is 15.7. The molecule has 0 radical (unpaired) electrons. The van der Waals surface area contributed by atoms with E-state index in [-0.39, 0.29) is 18.3 Å². The van der Waals surface area contributed by atoms with E-state index >= 15 is 0 Å². The van der Waals surface area contributed by atoms with Crippen molar-refractivity contribution in [3.05, 3.63) is 23.4 Å². The quantitative estimate of drug-likeness (QED) is 0.792. The third-order valence-electron chi connectivity index (χ3n) is 3.42. The molecule has 0 saturated carbocycles. The first-order chi connectivity index (χ1) is 11.5. The van der Waals surface area contributed by atoms with Crippen molar-refractivity contribution < 1.29 is 26.9 Å². The molecule has 1 atom stereocenters. The van der Waals surface area contributed by atoms with Crippen LogP contribution in [-0.2, 0) is 30.4 Å². The molecule has 2 rings (SSSR count). The molecule has 0 aliphatic carbocycles. The van der Waals surface area contributed by atoms with Gasteiger partial charge in [-0.1, -0.05) is 6.07 Å². The van der Waals surface area contributed by atoms with Gasteiger partial charge in [0, 0.05) is 12.5 Å². The fourth-order valence-electron chi connectivity index (χ4n) is 2.42. The number of hydrogen-bond donors (Lipinski definition) is 1. The average molecular weight is 372 g/mol. The van der Waals surface area contributed by atoms with Crippen LogP contribution >= 0.6 is 0 Å². The van der Waals surface area contributed by atoms with Crippen molar-refractivity contribution >= 4 is 22.0 Å². The van der Waals surface area contributed by atoms with Gasteiger partial charge in [0.05, 0.1) is 18.6 Å². The molecule has 25 heavy (non-hydrogen) atoms. The molecule has 0 aromatic carbocycles. The Bertz CT molecular complexity index is 721. The smallest absolute Gasteiger partial charge is 0.413 e. The first-order valence-corrected chi connectivity index (χ1v) is 9.77. The lowest BCUT2D eigenvalue weighted by Gasteiger charge is -2.20. The van der Waals surface area contributed by atoms with Crippen LogP contribution in [0.3, 0.4) is 0 Å². The molecule has 0 spiro atoms. The number of pyridine rings is 1. The molecule has 0 unspecified atom stereocenters. The van der Waals surface area contributed by atoms with E-state index in [1.54, 1.807) is 32.9 Å². The second-order valence-electron chi connectivity index (χ2n) is 6.89. The van der Waals surface area contributed by atoms with E-state index in [0.29, 0.717) is 18.9 Å². The van der Waals surface area contributed by atoms with Gasteiger partial charge in [-0.3, -0.25) is 9.50 Å². The van der Waals surface area contributed by atoms with E-state index in [2.05, 4.69) is 10.3 Å². The van der Waals surface area contributed by atoms with Gasteiger partial charge in [0.1, 0.15) is 18.0 Å². The SMILES string of the molecule is CC(C)(C)OC(=O)Nc1ccc([C@@H]2CCOC2)c(COS(C)(=O)=O)n1. The highest BCUT2D eigenvalue weighted by atomic mass is 32.2. The summed E-state index contributed by atoms with van der Waals surface area (Å²) in [5, 5.41) is 2.55. The molecule has 1 aliphatic rings. The van der Waals surface area contributed by atoms with Crippen molar-refractivity contribution in [1.82, 2.24) is 4.98 Å². The maximum atomic E-state index is 11.9. The number of nitrogens with one attached hydrogen (secondary N) is 1. The van der Waals surface area contributed by atoms with E-state index in [1.807, 2.05) is 0 Å². The first kappa shape index (κ1) is 19.6. The number of ether oxygens (including phenoxy) is 2. The van der Waals surface area contributed by atoms with Crippen LogP contribution in [0.15, 0.2) is 12.1 Å². The van der Waals surface area contributed by atoms with Crippen LogP contribution in [0.2, 0.25) is 0 Å². The van der Waals surface area contributed by atoms with Gasteiger partial charge in [-0.25, -0.2) is 9.78 Å². The Hall–Kier alpha value is -1.71. The van der Waals surface area contributed by atoms with Gasteiger partial charge in [-0.2, -0.15) is 8.42 Å². The minimum absolute atomic E-state index is 0.126. The van der Waals surface area contributed by atoms with Gasteiger partial charge in [0.15, 0.2) is 0 Å². The van der Waals surface area contributed by atoms with E-state index in [1.165, 1.54) is 0 Å². The van der Waals surface area contributed by atoms with Crippen molar-refractivity contribution in [2.24, 2.45) is 0 Å². The molecule has 2 heterocycles. The van der Waals surface area contributed by atoms with Crippen molar-refractivity contribution in [2.45, 2.75) is 45.3 Å². The standard InChI is InChI=1S/C16H24N2O6S/c1-16(2,3)24-15(19)18-14-6-5-12(11-7-8-22-9-11)13(17-14)10-23-25(4,20)21/h5-6,11H,7-10H2,1-4H3,(H,17,18,19)/t11-/m1/s1. The number of amides is 1. The molecule has 1 N–H and O–H groups in total. The summed E-state index contributed by atoms with van der Waals surface area (Å²) in [5.74, 6) is 0.394. The zero-order valence-electron chi connectivity index (χ0n) is 14.9. The molecule has 1 saturated heterocycles. The topological polar surface area (TPSA) is 104 Å². The lowest BCUT2D eigenvalue weighted by Crippen LogP contribution is -2.27. The van der Waals surface area contributed by atoms with Gasteiger partial charge in [0.2, 0.25) is 0 Å². The summed E-state index contributed by atoms with van der Waals surface area (Å²) < 4.78 is 38.0. The number of anilines is 1. The number of aromatic nitrogens is 1. The molecular formula is C16H24N2O6S. The molecule has 1 aromatic rings. The molecule has 1 amide bonds. The number of hydrogen-bond acceptors (Lipinski definition) is 7. The highest BCUT2D eigenvalue weighted by Gasteiger charge is 2.23. The highest BCUT2D eigenvalue weighted by molar-refractivity contribution is 7.85. The Morgan fingerprint density at radius 1 is 1.40 bits per heavy atom. The lowest BCUT2D eigenvalue weighted by molar-refractivity contribution is 0.0635. The van der Waals surface area contributed by atoms with Gasteiger partial charge >= 0.3 is 6.09 Å². The van der Waals surface area contributed by atoms with Crippen molar-refractivity contribution in [3.8, 4) is 0 Å². The molecule has 1 aliphatic heterocycles. The van der Waals surface area contributed by atoms with Gasteiger partial charge in [0.25, 0.3) is 10.1 Å². The summed E-state index contributed by atoms with van der Waals surface area (Å²) in [4.78, 5) is 16.2. The van der Waals surface area contributed by atoms with Crippen molar-refractivity contribution in [2.75, 3.05) is 24.8 Å². The van der Waals surface area contributed by atoms with Crippen LogP contribution in [0.5, 0.6) is 0 Å². The van der Waals surface area contributed by atoms with Gasteiger partial charge < -0.3 is 9.47 Å². The lowest BCUT2D eigenvalue weighted by atomic mass is 9.97. The van der Waals surface area contributed by atoms with Crippen LogP contribution < -0.4 is 5.32 Å². The molecule has 1 fully saturated rings. The minimum Gasteiger partial charge on any atom is -0.444 e. The van der Waals surface area contributed by atoms with Gasteiger partial charge in [-0.05, 0) is 38.8 Å². The molecule has 140 valence electrons. The summed E-state index contributed by atoms with van der Waals surface area (Å²) in [6, 6.07) is 3.46. The third kappa shape index (κ3) is 6.60.